The Morgan fingerprint density at radius 2 is 1.44 bits per heavy atom. The van der Waals surface area contributed by atoms with Crippen molar-refractivity contribution in [3.8, 4) is 11.1 Å². The van der Waals surface area contributed by atoms with Gasteiger partial charge in [0.2, 0.25) is 29.5 Å². The number of halogens is 1. The Bertz CT molecular complexity index is 2380. The summed E-state index contributed by atoms with van der Waals surface area (Å²) in [6, 6.07) is 15.1. The molecule has 398 valence electrons. The van der Waals surface area contributed by atoms with Crippen LogP contribution in [0.1, 0.15) is 110 Å². The Hall–Kier alpha value is -7.37. The van der Waals surface area contributed by atoms with Crippen molar-refractivity contribution in [2.24, 2.45) is 11.1 Å². The Labute approximate surface area is 430 Å². The fourth-order valence-corrected chi connectivity index (χ4v) is 8.02. The first-order chi connectivity index (χ1) is 34.6. The molecule has 0 saturated carbocycles. The number of amides is 5. The van der Waals surface area contributed by atoms with Crippen molar-refractivity contribution in [2.45, 2.75) is 117 Å². The second-order valence-corrected chi connectivity index (χ2v) is 18.9. The molecule has 0 fully saturated rings. The largest absolute Gasteiger partial charge is 0.480 e. The number of nitrogens with zero attached hydrogens (tertiary/aromatic N) is 2. The molecule has 0 bridgehead atoms. The highest BCUT2D eigenvalue weighted by molar-refractivity contribution is 5.90. The second-order valence-electron chi connectivity index (χ2n) is 18.9. The van der Waals surface area contributed by atoms with Crippen LogP contribution in [0.3, 0.4) is 0 Å². The molecule has 0 aliphatic rings. The van der Waals surface area contributed by atoms with Gasteiger partial charge in [0.1, 0.15) is 24.4 Å². The Kier molecular flexibility index (Phi) is 25.0. The number of aliphatic carboxylic acids is 1. The van der Waals surface area contributed by atoms with Gasteiger partial charge in [-0.3, -0.25) is 28.8 Å². The van der Waals surface area contributed by atoms with Gasteiger partial charge in [-0.1, -0.05) is 109 Å². The van der Waals surface area contributed by atoms with Gasteiger partial charge in [0.05, 0.1) is 19.1 Å². The number of nitrogens with one attached hydrogen (secondary N) is 7. The van der Waals surface area contributed by atoms with Crippen molar-refractivity contribution in [2.75, 3.05) is 39.3 Å². The molecule has 0 aliphatic heterocycles. The summed E-state index contributed by atoms with van der Waals surface area (Å²) in [7, 11) is 0. The molecule has 0 aliphatic carbocycles. The van der Waals surface area contributed by atoms with Crippen molar-refractivity contribution in [1.82, 2.24) is 46.7 Å². The average Bonchev–Trinajstić information content (AvgIpc) is 3.75. The van der Waals surface area contributed by atoms with Crippen molar-refractivity contribution < 1.29 is 38.3 Å². The number of carboxylic acids is 1. The Morgan fingerprint density at radius 1 is 0.753 bits per heavy atom. The lowest BCUT2D eigenvalue weighted by Gasteiger charge is -2.42. The van der Waals surface area contributed by atoms with E-state index >= 15 is 4.39 Å². The maximum atomic E-state index is 15.4. The smallest absolute Gasteiger partial charge is 0.322 e. The van der Waals surface area contributed by atoms with E-state index in [1.807, 2.05) is 74.9 Å². The van der Waals surface area contributed by atoms with E-state index in [0.29, 0.717) is 30.5 Å². The van der Waals surface area contributed by atoms with Crippen molar-refractivity contribution in [1.29, 1.82) is 0 Å². The highest BCUT2D eigenvalue weighted by Gasteiger charge is 2.39. The van der Waals surface area contributed by atoms with Crippen LogP contribution in [0.4, 0.5) is 4.39 Å². The molecule has 10 N–H and O–H groups in total. The van der Waals surface area contributed by atoms with Gasteiger partial charge in [-0.15, -0.1) is 0 Å². The molecular weight excluding hydrogens is 932 g/mol. The summed E-state index contributed by atoms with van der Waals surface area (Å²) in [5, 5.41) is 28.8. The molecular formula is C55H79FN10O7. The van der Waals surface area contributed by atoms with Gasteiger partial charge in [-0.05, 0) is 61.6 Å². The monoisotopic (exact) mass is 1010 g/mol. The van der Waals surface area contributed by atoms with Crippen LogP contribution in [0.2, 0.25) is 0 Å². The molecule has 0 saturated heterocycles. The summed E-state index contributed by atoms with van der Waals surface area (Å²) >= 11 is 0. The number of carbonyl (C=O) groups excluding carboxylic acids is 5. The predicted molar refractivity (Wildman–Crippen MR) is 284 cm³/mol. The summed E-state index contributed by atoms with van der Waals surface area (Å²) < 4.78 is 17.4. The minimum atomic E-state index is -1.29. The topological polar surface area (TPSA) is 241 Å². The Balaban J connectivity index is 1.87. The number of nitrogens with two attached hydrogens (primary N) is 1. The third-order valence-electron chi connectivity index (χ3n) is 12.5. The van der Waals surface area contributed by atoms with E-state index in [1.54, 1.807) is 23.1 Å². The molecule has 0 radical (unpaired) electrons. The zero-order chi connectivity index (χ0) is 54.1. The van der Waals surface area contributed by atoms with Crippen LogP contribution in [0, 0.1) is 11.2 Å². The van der Waals surface area contributed by atoms with E-state index in [4.69, 9.17) is 10.8 Å². The number of hydrogen-bond acceptors (Lipinski definition) is 10. The third kappa shape index (κ3) is 21.1. The maximum Gasteiger partial charge on any atom is 0.322 e. The van der Waals surface area contributed by atoms with Gasteiger partial charge in [0.25, 0.3) is 0 Å². The molecule has 1 heterocycles. The summed E-state index contributed by atoms with van der Waals surface area (Å²) in [5.74, 6) is -4.25. The van der Waals surface area contributed by atoms with E-state index in [1.165, 1.54) is 13.0 Å². The molecule has 3 atom stereocenters. The van der Waals surface area contributed by atoms with Crippen LogP contribution in [0.25, 0.3) is 11.1 Å². The standard InChI is InChI=1S/C55H79FN10O7/c1-10-38(4)58-27-19-13-14-20-39(5)60-33-50(69)61-32-40(6)63-47(30-37(3)57)54(73)64-46(53(72)59-28-25-49(68)62-34-51(70)71)26-29-66(41(7)67)52(55(8,9)11-2)48-31-43(44-23-17-18-24-45(44)56)36-65(48)35-42-21-15-12-16-22-42/h12,15-18,21-24,31,36,46-47,52,58,60,63H,3-6,10-11,13-14,19-20,25-30,32-35,57H2,1-2,7-9H3,(H,59,72)(H,61,69)(H,62,68)(H,64,73)(H,70,71). The van der Waals surface area contributed by atoms with Crippen LogP contribution < -0.4 is 43.0 Å². The van der Waals surface area contributed by atoms with E-state index in [2.05, 4.69) is 63.5 Å². The molecule has 73 heavy (non-hydrogen) atoms. The van der Waals surface area contributed by atoms with Crippen LogP contribution in [-0.2, 0) is 35.3 Å². The zero-order valence-corrected chi connectivity index (χ0v) is 43.5. The lowest BCUT2D eigenvalue weighted by atomic mass is 9.78. The molecule has 0 spiro atoms. The van der Waals surface area contributed by atoms with Gasteiger partial charge in [-0.2, -0.15) is 0 Å². The molecule has 18 heteroatoms. The van der Waals surface area contributed by atoms with E-state index in [9.17, 15) is 28.8 Å². The summed E-state index contributed by atoms with van der Waals surface area (Å²) in [6.45, 7) is 25.7. The molecule has 17 nitrogen and oxygen atoms in total. The molecule has 3 unspecified atom stereocenters. The summed E-state index contributed by atoms with van der Waals surface area (Å²) in [4.78, 5) is 80.2. The number of unbranched alkanes of at least 4 members (excludes halogenated alkanes) is 2. The number of benzene rings is 2. The highest BCUT2D eigenvalue weighted by Crippen LogP contribution is 2.43. The number of allylic oxidation sites excluding steroid dienone is 2. The van der Waals surface area contributed by atoms with Crippen molar-refractivity contribution in [3.63, 3.8) is 0 Å². The van der Waals surface area contributed by atoms with Crippen molar-refractivity contribution in [3.05, 3.63) is 133 Å². The molecule has 3 rings (SSSR count). The first-order valence-electron chi connectivity index (χ1n) is 25.0. The first kappa shape index (κ1) is 59.9. The zero-order valence-electron chi connectivity index (χ0n) is 43.5. The molecule has 1 aromatic heterocycles. The number of carbonyl (C=O) groups is 6. The van der Waals surface area contributed by atoms with E-state index in [0.717, 1.165) is 54.9 Å². The normalized spacial score (nSPS) is 12.2. The number of aromatic nitrogens is 1. The lowest BCUT2D eigenvalue weighted by molar-refractivity contribution is -0.138. The van der Waals surface area contributed by atoms with Crippen LogP contribution in [0.15, 0.2) is 116 Å². The third-order valence-corrected chi connectivity index (χ3v) is 12.5. The number of rotatable bonds is 35. The van der Waals surface area contributed by atoms with Gasteiger partial charge in [-0.25, -0.2) is 4.39 Å². The van der Waals surface area contributed by atoms with Crippen molar-refractivity contribution >= 4 is 35.5 Å². The van der Waals surface area contributed by atoms with Crippen LogP contribution >= 0.6 is 0 Å². The van der Waals surface area contributed by atoms with Gasteiger partial charge >= 0.3 is 5.97 Å². The van der Waals surface area contributed by atoms with E-state index < -0.39 is 59.6 Å². The maximum absolute atomic E-state index is 15.4. The van der Waals surface area contributed by atoms with E-state index in [-0.39, 0.29) is 68.6 Å². The fourth-order valence-electron chi connectivity index (χ4n) is 8.02. The minimum Gasteiger partial charge on any atom is -0.480 e. The molecule has 2 aromatic carbocycles. The molecule has 5 amide bonds. The number of hydrogen-bond donors (Lipinski definition) is 9. The van der Waals surface area contributed by atoms with Crippen LogP contribution in [-0.4, -0.2) is 101 Å². The van der Waals surface area contributed by atoms with Gasteiger partial charge < -0.3 is 57.5 Å². The second kappa shape index (κ2) is 30.5. The molecule has 3 aromatic rings. The van der Waals surface area contributed by atoms with Gasteiger partial charge in [0.15, 0.2) is 0 Å². The SMILES string of the molecule is C=C(N)CC(NC(=C)CNC(=O)CNC(=C)CCCCCNC(=C)CC)C(=O)NC(CCN(C(C)=O)C(c1cc(-c2ccccc2F)cn1Cc1ccccc1)C(C)(C)CC)C(=O)NCCC(=O)NCC(=O)O. The quantitative estimate of drug-likeness (QED) is 0.0316. The summed E-state index contributed by atoms with van der Waals surface area (Å²) in [5.41, 5.74) is 10.3. The lowest BCUT2D eigenvalue weighted by Crippen LogP contribution is -2.54. The highest BCUT2D eigenvalue weighted by atomic mass is 19.1. The fraction of sp³-hybridized carbons (Fsp3) is 0.455. The van der Waals surface area contributed by atoms with Gasteiger partial charge in [0, 0.05) is 91.8 Å². The van der Waals surface area contributed by atoms with Crippen LogP contribution in [0.5, 0.6) is 0 Å². The summed E-state index contributed by atoms with van der Waals surface area (Å²) in [6.07, 6.45) is 6.54. The average molecular weight is 1010 g/mol. The minimum absolute atomic E-state index is 0.0231. The first-order valence-corrected chi connectivity index (χ1v) is 25.0. The number of carboxylic acid groups (broad SMARTS) is 1. The Morgan fingerprint density at radius 3 is 2.08 bits per heavy atom. The predicted octanol–water partition coefficient (Wildman–Crippen LogP) is 5.88.